The van der Waals surface area contributed by atoms with E-state index in [1.807, 2.05) is 6.92 Å². The van der Waals surface area contributed by atoms with Crippen molar-refractivity contribution in [2.45, 2.75) is 32.6 Å². The first-order valence-corrected chi connectivity index (χ1v) is 5.21. The molecule has 0 aromatic carbocycles. The fourth-order valence-corrected chi connectivity index (χ4v) is 1.22. The van der Waals surface area contributed by atoms with Crippen LogP contribution in [0.1, 0.15) is 26.7 Å². The van der Waals surface area contributed by atoms with Crippen molar-refractivity contribution >= 4 is 0 Å². The minimum atomic E-state index is -3.02. The Morgan fingerprint density at radius 1 is 1.38 bits per heavy atom. The molecule has 0 unspecified atom stereocenters. The van der Waals surface area contributed by atoms with Gasteiger partial charge in [0.15, 0.2) is 0 Å². The zero-order valence-corrected chi connectivity index (χ0v) is 9.89. The lowest BCUT2D eigenvalue weighted by Gasteiger charge is -2.14. The van der Waals surface area contributed by atoms with Gasteiger partial charge in [0.2, 0.25) is 0 Å². The molecule has 0 aliphatic heterocycles. The molecule has 0 aromatic heterocycles. The quantitative estimate of drug-likeness (QED) is 0.539. The van der Waals surface area contributed by atoms with Gasteiger partial charge in [0.1, 0.15) is 0 Å². The molecule has 0 bridgehead atoms. The molecule has 0 aliphatic rings. The molecule has 0 rings (SSSR count). The fourth-order valence-electron chi connectivity index (χ4n) is 1.22. The Labute approximate surface area is 96.0 Å². The number of hydrogen-bond donors (Lipinski definition) is 1. The van der Waals surface area contributed by atoms with Crippen molar-refractivity contribution in [3.8, 4) is 0 Å². The molecule has 1 nitrogen and oxygen atoms in total. The monoisotopic (exact) mass is 227 g/mol. The minimum absolute atomic E-state index is 0.263. The summed E-state index contributed by atoms with van der Waals surface area (Å²) in [6, 6.07) is 0. The van der Waals surface area contributed by atoms with Crippen molar-refractivity contribution in [2.24, 2.45) is 5.73 Å². The lowest BCUT2D eigenvalue weighted by molar-refractivity contribution is 0.101. The first-order valence-electron chi connectivity index (χ1n) is 5.21. The molecule has 3 heteroatoms. The summed E-state index contributed by atoms with van der Waals surface area (Å²) in [5.74, 6) is -3.02. The standard InChI is InChI=1S/C13H19F2N/c1-5-7-12(11(4)16)9-10(3)13(14,15)8-6-2/h6,8-9H,3-5,7,16H2,1-2H3/b8-6+,12-9+. The Balaban J connectivity index is 4.98. The van der Waals surface area contributed by atoms with Crippen molar-refractivity contribution in [3.05, 3.63) is 48.2 Å². The van der Waals surface area contributed by atoms with Crippen LogP contribution >= 0.6 is 0 Å². The third kappa shape index (κ3) is 4.43. The van der Waals surface area contributed by atoms with Crippen LogP contribution in [0, 0.1) is 0 Å². The summed E-state index contributed by atoms with van der Waals surface area (Å²) in [5.41, 5.74) is 6.20. The van der Waals surface area contributed by atoms with Gasteiger partial charge in [0, 0.05) is 11.3 Å². The molecule has 0 fully saturated rings. The molecule has 0 radical (unpaired) electrons. The molecule has 0 amide bonds. The Kier molecular flexibility index (Phi) is 5.72. The molecular weight excluding hydrogens is 208 g/mol. The summed E-state index contributed by atoms with van der Waals surface area (Å²) in [6.45, 7) is 10.4. The third-order valence-corrected chi connectivity index (χ3v) is 2.08. The van der Waals surface area contributed by atoms with Crippen LogP contribution in [0.3, 0.4) is 0 Å². The maximum atomic E-state index is 13.4. The molecule has 0 saturated carbocycles. The van der Waals surface area contributed by atoms with Crippen LogP contribution in [0.2, 0.25) is 0 Å². The Hall–Kier alpha value is -1.38. The van der Waals surface area contributed by atoms with Crippen LogP contribution in [-0.2, 0) is 0 Å². The molecule has 0 atom stereocenters. The van der Waals surface area contributed by atoms with E-state index in [4.69, 9.17) is 5.73 Å². The second-order valence-corrected chi connectivity index (χ2v) is 3.59. The Morgan fingerprint density at radius 2 is 1.94 bits per heavy atom. The van der Waals surface area contributed by atoms with Crippen LogP contribution in [-0.4, -0.2) is 5.92 Å². The highest BCUT2D eigenvalue weighted by molar-refractivity contribution is 5.37. The highest BCUT2D eigenvalue weighted by atomic mass is 19.3. The van der Waals surface area contributed by atoms with E-state index >= 15 is 0 Å². The summed E-state index contributed by atoms with van der Waals surface area (Å²) in [5, 5.41) is 0. The van der Waals surface area contributed by atoms with E-state index in [2.05, 4.69) is 13.2 Å². The molecular formula is C13H19F2N. The van der Waals surface area contributed by atoms with E-state index in [-0.39, 0.29) is 5.57 Å². The molecule has 0 aliphatic carbocycles. The lowest BCUT2D eigenvalue weighted by atomic mass is 10.0. The first kappa shape index (κ1) is 14.6. The highest BCUT2D eigenvalue weighted by Crippen LogP contribution is 2.27. The summed E-state index contributed by atoms with van der Waals surface area (Å²) in [4.78, 5) is 0. The van der Waals surface area contributed by atoms with Gasteiger partial charge in [-0.2, -0.15) is 8.78 Å². The van der Waals surface area contributed by atoms with Crippen LogP contribution in [0.5, 0.6) is 0 Å². The second kappa shape index (κ2) is 6.26. The van der Waals surface area contributed by atoms with Crippen molar-refractivity contribution < 1.29 is 8.78 Å². The van der Waals surface area contributed by atoms with Gasteiger partial charge in [-0.25, -0.2) is 0 Å². The van der Waals surface area contributed by atoms with Crippen LogP contribution in [0.25, 0.3) is 0 Å². The van der Waals surface area contributed by atoms with Crippen molar-refractivity contribution in [1.29, 1.82) is 0 Å². The van der Waals surface area contributed by atoms with Crippen molar-refractivity contribution in [3.63, 3.8) is 0 Å². The van der Waals surface area contributed by atoms with Gasteiger partial charge in [-0.05, 0) is 31.1 Å². The second-order valence-electron chi connectivity index (χ2n) is 3.59. The summed E-state index contributed by atoms with van der Waals surface area (Å²) < 4.78 is 26.8. The van der Waals surface area contributed by atoms with E-state index in [1.165, 1.54) is 12.2 Å². The summed E-state index contributed by atoms with van der Waals surface area (Å²) in [7, 11) is 0. The average Bonchev–Trinajstić information content (AvgIpc) is 2.16. The molecule has 0 spiro atoms. The maximum Gasteiger partial charge on any atom is 0.291 e. The van der Waals surface area contributed by atoms with E-state index < -0.39 is 5.92 Å². The topological polar surface area (TPSA) is 26.0 Å². The number of allylic oxidation sites excluding steroid dienone is 5. The van der Waals surface area contributed by atoms with Gasteiger partial charge < -0.3 is 5.73 Å². The van der Waals surface area contributed by atoms with Crippen molar-refractivity contribution in [1.82, 2.24) is 0 Å². The average molecular weight is 227 g/mol. The van der Waals surface area contributed by atoms with Crippen LogP contribution in [0.15, 0.2) is 48.2 Å². The van der Waals surface area contributed by atoms with Gasteiger partial charge in [-0.3, -0.25) is 0 Å². The minimum Gasteiger partial charge on any atom is -0.399 e. The molecule has 0 aromatic rings. The molecule has 2 N–H and O–H groups in total. The zero-order valence-electron chi connectivity index (χ0n) is 9.89. The van der Waals surface area contributed by atoms with E-state index in [0.29, 0.717) is 17.7 Å². The predicted molar refractivity (Wildman–Crippen MR) is 65.2 cm³/mol. The van der Waals surface area contributed by atoms with Gasteiger partial charge in [0.05, 0.1) is 0 Å². The Bertz CT molecular complexity index is 325. The first-order chi connectivity index (χ1) is 7.35. The van der Waals surface area contributed by atoms with Crippen molar-refractivity contribution in [2.75, 3.05) is 0 Å². The summed E-state index contributed by atoms with van der Waals surface area (Å²) >= 11 is 0. The highest BCUT2D eigenvalue weighted by Gasteiger charge is 2.27. The van der Waals surface area contributed by atoms with Gasteiger partial charge in [-0.15, -0.1) is 0 Å². The number of rotatable bonds is 6. The van der Waals surface area contributed by atoms with Crippen LogP contribution in [0.4, 0.5) is 8.78 Å². The zero-order chi connectivity index (χ0) is 12.8. The maximum absolute atomic E-state index is 13.4. The SMILES string of the molecule is C=C(N)/C(=C/C(=C)C(F)(F)/C=C/C)CCC. The van der Waals surface area contributed by atoms with E-state index in [1.54, 1.807) is 6.92 Å². The molecule has 90 valence electrons. The van der Waals surface area contributed by atoms with Gasteiger partial charge in [-0.1, -0.05) is 32.6 Å². The van der Waals surface area contributed by atoms with Gasteiger partial charge in [0.25, 0.3) is 5.92 Å². The van der Waals surface area contributed by atoms with Gasteiger partial charge >= 0.3 is 0 Å². The van der Waals surface area contributed by atoms with E-state index in [9.17, 15) is 8.78 Å². The largest absolute Gasteiger partial charge is 0.399 e. The summed E-state index contributed by atoms with van der Waals surface area (Å²) in [6.07, 6.45) is 4.89. The Morgan fingerprint density at radius 3 is 2.31 bits per heavy atom. The molecule has 0 saturated heterocycles. The molecule has 16 heavy (non-hydrogen) atoms. The van der Waals surface area contributed by atoms with E-state index in [0.717, 1.165) is 12.5 Å². The normalized spacial score (nSPS) is 13.1. The smallest absolute Gasteiger partial charge is 0.291 e. The van der Waals surface area contributed by atoms with Crippen LogP contribution < -0.4 is 5.73 Å². The molecule has 0 heterocycles. The third-order valence-electron chi connectivity index (χ3n) is 2.08. The number of halogens is 2. The lowest BCUT2D eigenvalue weighted by Crippen LogP contribution is -2.14. The number of hydrogen-bond acceptors (Lipinski definition) is 1. The predicted octanol–water partition coefficient (Wildman–Crippen LogP) is 3.95. The number of nitrogens with two attached hydrogens (primary N) is 1. The fraction of sp³-hybridized carbons (Fsp3) is 0.385. The number of alkyl halides is 2.